The summed E-state index contributed by atoms with van der Waals surface area (Å²) in [4.78, 5) is 0. The first-order valence-corrected chi connectivity index (χ1v) is 6.05. The van der Waals surface area contributed by atoms with Crippen LogP contribution in [0.5, 0.6) is 0 Å². The van der Waals surface area contributed by atoms with E-state index in [1.807, 2.05) is 11.8 Å². The van der Waals surface area contributed by atoms with E-state index < -0.39 is 0 Å². The zero-order chi connectivity index (χ0) is 9.56. The standard InChI is InChI=1S/C10H22OS/c1-6-9(3)11-7-8(2)10(4)12-5/h8-10H,6-7H2,1-5H3. The molecule has 0 N–H and O–H groups in total. The number of rotatable bonds is 6. The highest BCUT2D eigenvalue weighted by molar-refractivity contribution is 7.99. The van der Waals surface area contributed by atoms with E-state index in [2.05, 4.69) is 34.0 Å². The Hall–Kier alpha value is 0.310. The lowest BCUT2D eigenvalue weighted by molar-refractivity contribution is 0.0423. The first-order valence-electron chi connectivity index (χ1n) is 4.76. The second-order valence-electron chi connectivity index (χ2n) is 3.47. The van der Waals surface area contributed by atoms with Crippen LogP contribution in [0.4, 0.5) is 0 Å². The van der Waals surface area contributed by atoms with E-state index in [1.165, 1.54) is 0 Å². The Morgan fingerprint density at radius 3 is 2.25 bits per heavy atom. The quantitative estimate of drug-likeness (QED) is 0.636. The summed E-state index contributed by atoms with van der Waals surface area (Å²) in [5, 5.41) is 0.703. The van der Waals surface area contributed by atoms with Crippen LogP contribution in [0.1, 0.15) is 34.1 Å². The van der Waals surface area contributed by atoms with Crippen molar-refractivity contribution >= 4 is 11.8 Å². The SMILES string of the molecule is CCC(C)OCC(C)C(C)SC. The van der Waals surface area contributed by atoms with E-state index in [-0.39, 0.29) is 0 Å². The molecule has 0 heterocycles. The Labute approximate surface area is 81.3 Å². The smallest absolute Gasteiger partial charge is 0.0544 e. The minimum Gasteiger partial charge on any atom is -0.378 e. The molecule has 3 atom stereocenters. The average molecular weight is 190 g/mol. The zero-order valence-corrected chi connectivity index (χ0v) is 9.78. The fourth-order valence-electron chi connectivity index (χ4n) is 0.802. The molecule has 0 aromatic heterocycles. The number of hydrogen-bond acceptors (Lipinski definition) is 2. The van der Waals surface area contributed by atoms with Crippen molar-refractivity contribution < 1.29 is 4.74 Å². The Bertz CT molecular complexity index is 106. The summed E-state index contributed by atoms with van der Waals surface area (Å²) in [6.07, 6.45) is 3.69. The summed E-state index contributed by atoms with van der Waals surface area (Å²) in [7, 11) is 0. The maximum atomic E-state index is 5.66. The molecule has 0 aliphatic heterocycles. The minimum absolute atomic E-state index is 0.418. The Kier molecular flexibility index (Phi) is 6.96. The average Bonchev–Trinajstić information content (AvgIpc) is 2.11. The van der Waals surface area contributed by atoms with Gasteiger partial charge in [-0.3, -0.25) is 0 Å². The van der Waals surface area contributed by atoms with Gasteiger partial charge in [-0.25, -0.2) is 0 Å². The van der Waals surface area contributed by atoms with Gasteiger partial charge in [-0.2, -0.15) is 11.8 Å². The molecule has 0 fully saturated rings. The van der Waals surface area contributed by atoms with Gasteiger partial charge < -0.3 is 4.74 Å². The van der Waals surface area contributed by atoms with Crippen LogP contribution in [0.2, 0.25) is 0 Å². The molecule has 74 valence electrons. The lowest BCUT2D eigenvalue weighted by Crippen LogP contribution is -2.19. The summed E-state index contributed by atoms with van der Waals surface area (Å²) < 4.78 is 5.66. The molecule has 1 nitrogen and oxygen atoms in total. The number of thioether (sulfide) groups is 1. The van der Waals surface area contributed by atoms with Crippen molar-refractivity contribution in [1.82, 2.24) is 0 Å². The monoisotopic (exact) mass is 190 g/mol. The van der Waals surface area contributed by atoms with Gasteiger partial charge in [0.25, 0.3) is 0 Å². The van der Waals surface area contributed by atoms with Crippen molar-refractivity contribution in [2.75, 3.05) is 12.9 Å². The van der Waals surface area contributed by atoms with Crippen LogP contribution in [0.3, 0.4) is 0 Å². The largest absolute Gasteiger partial charge is 0.378 e. The summed E-state index contributed by atoms with van der Waals surface area (Å²) in [6, 6.07) is 0. The molecule has 0 rings (SSSR count). The van der Waals surface area contributed by atoms with Crippen molar-refractivity contribution in [2.24, 2.45) is 5.92 Å². The molecule has 0 radical (unpaired) electrons. The molecule has 0 saturated heterocycles. The summed E-state index contributed by atoms with van der Waals surface area (Å²) in [5.41, 5.74) is 0. The van der Waals surface area contributed by atoms with Crippen LogP contribution in [-0.4, -0.2) is 24.2 Å². The van der Waals surface area contributed by atoms with Crippen molar-refractivity contribution in [3.8, 4) is 0 Å². The second kappa shape index (κ2) is 6.79. The Morgan fingerprint density at radius 1 is 1.25 bits per heavy atom. The Morgan fingerprint density at radius 2 is 1.83 bits per heavy atom. The van der Waals surface area contributed by atoms with Crippen molar-refractivity contribution in [2.45, 2.75) is 45.5 Å². The number of hydrogen-bond donors (Lipinski definition) is 0. The zero-order valence-electron chi connectivity index (χ0n) is 8.96. The van der Waals surface area contributed by atoms with E-state index in [1.54, 1.807) is 0 Å². The Balaban J connectivity index is 3.49. The van der Waals surface area contributed by atoms with Gasteiger partial charge in [0.15, 0.2) is 0 Å². The molecule has 12 heavy (non-hydrogen) atoms. The highest BCUT2D eigenvalue weighted by Gasteiger charge is 2.11. The minimum atomic E-state index is 0.418. The number of ether oxygens (including phenoxy) is 1. The fourth-order valence-corrected chi connectivity index (χ4v) is 1.34. The third kappa shape index (κ3) is 5.04. The lowest BCUT2D eigenvalue weighted by Gasteiger charge is -2.20. The molecule has 0 aromatic rings. The third-order valence-corrected chi connectivity index (χ3v) is 3.60. The van der Waals surface area contributed by atoms with E-state index in [0.29, 0.717) is 17.3 Å². The van der Waals surface area contributed by atoms with Gasteiger partial charge in [0.05, 0.1) is 12.7 Å². The first kappa shape index (κ1) is 12.3. The maximum Gasteiger partial charge on any atom is 0.0544 e. The van der Waals surface area contributed by atoms with Crippen LogP contribution >= 0.6 is 11.8 Å². The molecule has 0 bridgehead atoms. The predicted octanol–water partition coefficient (Wildman–Crippen LogP) is 3.19. The van der Waals surface area contributed by atoms with Gasteiger partial charge >= 0.3 is 0 Å². The highest BCUT2D eigenvalue weighted by atomic mass is 32.2. The molecule has 0 saturated carbocycles. The van der Waals surface area contributed by atoms with Gasteiger partial charge in [-0.15, -0.1) is 0 Å². The third-order valence-electron chi connectivity index (χ3n) is 2.39. The van der Waals surface area contributed by atoms with Crippen molar-refractivity contribution in [3.63, 3.8) is 0 Å². The van der Waals surface area contributed by atoms with Crippen LogP contribution in [0.15, 0.2) is 0 Å². The lowest BCUT2D eigenvalue weighted by atomic mass is 10.1. The van der Waals surface area contributed by atoms with Gasteiger partial charge in [-0.1, -0.05) is 20.8 Å². The maximum absolute atomic E-state index is 5.66. The van der Waals surface area contributed by atoms with Gasteiger partial charge in [0.1, 0.15) is 0 Å². The molecule has 2 heteroatoms. The van der Waals surface area contributed by atoms with E-state index in [0.717, 1.165) is 13.0 Å². The predicted molar refractivity (Wildman–Crippen MR) is 57.8 cm³/mol. The van der Waals surface area contributed by atoms with E-state index >= 15 is 0 Å². The van der Waals surface area contributed by atoms with Crippen LogP contribution in [-0.2, 0) is 4.74 Å². The topological polar surface area (TPSA) is 9.23 Å². The van der Waals surface area contributed by atoms with Gasteiger partial charge in [0, 0.05) is 5.25 Å². The summed E-state index contributed by atoms with van der Waals surface area (Å²) in [5.74, 6) is 0.661. The van der Waals surface area contributed by atoms with Crippen molar-refractivity contribution in [1.29, 1.82) is 0 Å². The molecule has 0 spiro atoms. The van der Waals surface area contributed by atoms with Crippen LogP contribution < -0.4 is 0 Å². The molecule has 0 aliphatic rings. The summed E-state index contributed by atoms with van der Waals surface area (Å²) in [6.45, 7) is 9.71. The van der Waals surface area contributed by atoms with Crippen LogP contribution in [0, 0.1) is 5.92 Å². The van der Waals surface area contributed by atoms with E-state index in [9.17, 15) is 0 Å². The summed E-state index contributed by atoms with van der Waals surface area (Å²) >= 11 is 1.91. The van der Waals surface area contributed by atoms with E-state index in [4.69, 9.17) is 4.74 Å². The fraction of sp³-hybridized carbons (Fsp3) is 1.00. The molecule has 0 aromatic carbocycles. The molecular formula is C10H22OS. The molecule has 0 amide bonds. The van der Waals surface area contributed by atoms with Gasteiger partial charge in [-0.05, 0) is 25.5 Å². The normalized spacial score (nSPS) is 18.8. The molecule has 3 unspecified atom stereocenters. The molecule has 0 aliphatic carbocycles. The highest BCUT2D eigenvalue weighted by Crippen LogP contribution is 2.16. The molecular weight excluding hydrogens is 168 g/mol. The second-order valence-corrected chi connectivity index (χ2v) is 4.69. The van der Waals surface area contributed by atoms with Gasteiger partial charge in [0.2, 0.25) is 0 Å². The van der Waals surface area contributed by atoms with Crippen LogP contribution in [0.25, 0.3) is 0 Å². The van der Waals surface area contributed by atoms with Crippen molar-refractivity contribution in [3.05, 3.63) is 0 Å². The first-order chi connectivity index (χ1) is 5.61.